The van der Waals surface area contributed by atoms with Crippen LogP contribution in [-0.4, -0.2) is 19.5 Å². The molecule has 0 aliphatic rings. The largest absolute Gasteiger partial charge is 0.347 e. The first-order valence-electron chi connectivity index (χ1n) is 6.59. The Balaban J connectivity index is 1.74. The zero-order valence-corrected chi connectivity index (χ0v) is 14.1. The van der Waals surface area contributed by atoms with E-state index in [2.05, 4.69) is 27.3 Å². The number of halogens is 2. The number of quaternary nitrogens is 1. The van der Waals surface area contributed by atoms with E-state index in [1.807, 2.05) is 13.1 Å². The topological polar surface area (TPSA) is 33.5 Å². The third-order valence-corrected chi connectivity index (χ3v) is 4.59. The molecular formula is C15H17BrFN2OS+. The predicted molar refractivity (Wildman–Crippen MR) is 85.7 cm³/mol. The molecule has 1 unspecified atom stereocenters. The van der Waals surface area contributed by atoms with Gasteiger partial charge in [0.15, 0.2) is 6.54 Å². The number of nitrogens with one attached hydrogen (secondary N) is 2. The fourth-order valence-corrected chi connectivity index (χ4v) is 3.54. The van der Waals surface area contributed by atoms with Crippen molar-refractivity contribution in [2.45, 2.75) is 13.1 Å². The molecule has 112 valence electrons. The lowest BCUT2D eigenvalue weighted by atomic mass is 10.2. The summed E-state index contributed by atoms with van der Waals surface area (Å²) in [4.78, 5) is 14.2. The van der Waals surface area contributed by atoms with E-state index in [9.17, 15) is 9.18 Å². The van der Waals surface area contributed by atoms with Crippen molar-refractivity contribution in [2.24, 2.45) is 0 Å². The summed E-state index contributed by atoms with van der Waals surface area (Å²) in [5, 5.41) is 2.85. The van der Waals surface area contributed by atoms with Gasteiger partial charge in [-0.15, -0.1) is 11.3 Å². The number of hydrogen-bond acceptors (Lipinski definition) is 2. The molecule has 1 aromatic heterocycles. The molecule has 1 atom stereocenters. The highest BCUT2D eigenvalue weighted by molar-refractivity contribution is 9.11. The zero-order chi connectivity index (χ0) is 15.2. The van der Waals surface area contributed by atoms with E-state index in [-0.39, 0.29) is 11.7 Å². The van der Waals surface area contributed by atoms with Gasteiger partial charge in [0.1, 0.15) is 12.4 Å². The molecule has 1 amide bonds. The Morgan fingerprint density at radius 2 is 2.00 bits per heavy atom. The third kappa shape index (κ3) is 5.57. The van der Waals surface area contributed by atoms with Crippen molar-refractivity contribution in [1.82, 2.24) is 5.32 Å². The summed E-state index contributed by atoms with van der Waals surface area (Å²) in [6.07, 6.45) is 0. The highest BCUT2D eigenvalue weighted by Gasteiger charge is 2.11. The van der Waals surface area contributed by atoms with Crippen molar-refractivity contribution in [3.63, 3.8) is 0 Å². The second-order valence-electron chi connectivity index (χ2n) is 4.92. The SMILES string of the molecule is C[NH+](CC(=O)NCc1ccc(F)cc1)Cc1ccc(Br)s1. The van der Waals surface area contributed by atoms with Crippen LogP contribution < -0.4 is 10.2 Å². The normalized spacial score (nSPS) is 12.1. The van der Waals surface area contributed by atoms with Gasteiger partial charge in [-0.1, -0.05) is 12.1 Å². The van der Waals surface area contributed by atoms with Crippen LogP contribution in [0.3, 0.4) is 0 Å². The van der Waals surface area contributed by atoms with Crippen molar-refractivity contribution >= 4 is 33.2 Å². The standard InChI is InChI=1S/C15H16BrFN2OS/c1-19(9-13-6-7-14(16)21-13)10-15(20)18-8-11-2-4-12(17)5-3-11/h2-7H,8-10H2,1H3,(H,18,20)/p+1. The minimum absolute atomic E-state index is 0.00699. The number of benzene rings is 1. The smallest absolute Gasteiger partial charge is 0.275 e. The molecule has 2 rings (SSSR count). The van der Waals surface area contributed by atoms with Gasteiger partial charge in [-0.2, -0.15) is 0 Å². The maximum Gasteiger partial charge on any atom is 0.275 e. The second-order valence-corrected chi connectivity index (χ2v) is 7.47. The molecule has 0 saturated carbocycles. The van der Waals surface area contributed by atoms with Gasteiger partial charge in [-0.25, -0.2) is 4.39 Å². The minimum Gasteiger partial charge on any atom is -0.347 e. The molecule has 0 aliphatic carbocycles. The third-order valence-electron chi connectivity index (χ3n) is 2.97. The van der Waals surface area contributed by atoms with E-state index in [0.29, 0.717) is 13.1 Å². The number of thiophene rings is 1. The summed E-state index contributed by atoms with van der Waals surface area (Å²) in [5.74, 6) is -0.274. The highest BCUT2D eigenvalue weighted by Crippen LogP contribution is 2.21. The molecule has 1 aromatic carbocycles. The molecule has 0 aliphatic heterocycles. The first-order valence-corrected chi connectivity index (χ1v) is 8.20. The van der Waals surface area contributed by atoms with Crippen molar-refractivity contribution in [3.8, 4) is 0 Å². The van der Waals surface area contributed by atoms with E-state index < -0.39 is 0 Å². The Kier molecular flexibility index (Phi) is 5.90. The van der Waals surface area contributed by atoms with Crippen LogP contribution in [0.5, 0.6) is 0 Å². The fraction of sp³-hybridized carbons (Fsp3) is 0.267. The Morgan fingerprint density at radius 1 is 1.29 bits per heavy atom. The lowest BCUT2D eigenvalue weighted by molar-refractivity contribution is -0.885. The van der Waals surface area contributed by atoms with Gasteiger partial charge in [0.05, 0.1) is 15.7 Å². The summed E-state index contributed by atoms with van der Waals surface area (Å²) in [6.45, 7) is 1.66. The van der Waals surface area contributed by atoms with E-state index >= 15 is 0 Å². The second kappa shape index (κ2) is 7.68. The molecule has 3 nitrogen and oxygen atoms in total. The minimum atomic E-state index is -0.267. The average Bonchev–Trinajstić information content (AvgIpc) is 2.83. The number of likely N-dealkylation sites (N-methyl/N-ethyl adjacent to an activating group) is 1. The van der Waals surface area contributed by atoms with E-state index in [1.165, 1.54) is 17.0 Å². The van der Waals surface area contributed by atoms with Crippen molar-refractivity contribution in [2.75, 3.05) is 13.6 Å². The van der Waals surface area contributed by atoms with Crippen molar-refractivity contribution in [3.05, 3.63) is 56.4 Å². The number of carbonyl (C=O) groups excluding carboxylic acids is 1. The Labute approximate surface area is 135 Å². The Bertz CT molecular complexity index is 600. The monoisotopic (exact) mass is 371 g/mol. The van der Waals surface area contributed by atoms with E-state index in [1.54, 1.807) is 23.5 Å². The maximum absolute atomic E-state index is 12.8. The number of amides is 1. The predicted octanol–water partition coefficient (Wildman–Crippen LogP) is 1.98. The lowest BCUT2D eigenvalue weighted by Gasteiger charge is -2.12. The molecule has 0 spiro atoms. The van der Waals surface area contributed by atoms with Gasteiger partial charge in [0.25, 0.3) is 5.91 Å². The van der Waals surface area contributed by atoms with Crippen LogP contribution in [0.1, 0.15) is 10.4 Å². The quantitative estimate of drug-likeness (QED) is 0.799. The molecule has 0 bridgehead atoms. The maximum atomic E-state index is 12.8. The Morgan fingerprint density at radius 3 is 2.62 bits per heavy atom. The first kappa shape index (κ1) is 16.1. The van der Waals surface area contributed by atoms with Crippen LogP contribution in [0.2, 0.25) is 0 Å². The average molecular weight is 372 g/mol. The summed E-state index contributed by atoms with van der Waals surface area (Å²) < 4.78 is 13.9. The molecule has 1 heterocycles. The molecule has 0 radical (unpaired) electrons. The molecule has 6 heteroatoms. The van der Waals surface area contributed by atoms with Gasteiger partial charge >= 0.3 is 0 Å². The lowest BCUT2D eigenvalue weighted by Crippen LogP contribution is -3.08. The van der Waals surface area contributed by atoms with Crippen LogP contribution in [0.4, 0.5) is 4.39 Å². The molecular weight excluding hydrogens is 355 g/mol. The van der Waals surface area contributed by atoms with Crippen LogP contribution >= 0.6 is 27.3 Å². The zero-order valence-electron chi connectivity index (χ0n) is 11.7. The van der Waals surface area contributed by atoms with Gasteiger partial charge in [-0.05, 0) is 45.8 Å². The first-order chi connectivity index (χ1) is 10.0. The van der Waals surface area contributed by atoms with Gasteiger partial charge < -0.3 is 10.2 Å². The molecule has 2 N–H and O–H groups in total. The van der Waals surface area contributed by atoms with Gasteiger partial charge in [0, 0.05) is 6.54 Å². The number of hydrogen-bond donors (Lipinski definition) is 2. The number of rotatable bonds is 6. The molecule has 2 aromatic rings. The van der Waals surface area contributed by atoms with Crippen LogP contribution in [0.15, 0.2) is 40.2 Å². The van der Waals surface area contributed by atoms with Gasteiger partial charge in [0.2, 0.25) is 0 Å². The van der Waals surface area contributed by atoms with Gasteiger partial charge in [-0.3, -0.25) is 4.79 Å². The van der Waals surface area contributed by atoms with Crippen LogP contribution in [0.25, 0.3) is 0 Å². The van der Waals surface area contributed by atoms with Crippen LogP contribution in [-0.2, 0) is 17.9 Å². The summed E-state index contributed by atoms with van der Waals surface area (Å²) in [7, 11) is 1.99. The van der Waals surface area contributed by atoms with E-state index in [0.717, 1.165) is 20.8 Å². The molecule has 0 saturated heterocycles. The van der Waals surface area contributed by atoms with E-state index in [4.69, 9.17) is 0 Å². The fourth-order valence-electron chi connectivity index (χ4n) is 1.95. The van der Waals surface area contributed by atoms with Crippen LogP contribution in [0, 0.1) is 5.82 Å². The highest BCUT2D eigenvalue weighted by atomic mass is 79.9. The van der Waals surface area contributed by atoms with Crippen molar-refractivity contribution in [1.29, 1.82) is 0 Å². The summed E-state index contributed by atoms with van der Waals surface area (Å²) in [6, 6.07) is 10.2. The molecule has 0 fully saturated rings. The Hall–Kier alpha value is -1.24. The summed E-state index contributed by atoms with van der Waals surface area (Å²) in [5.41, 5.74) is 0.893. The number of carbonyl (C=O) groups is 1. The van der Waals surface area contributed by atoms with Crippen molar-refractivity contribution < 1.29 is 14.1 Å². The molecule has 21 heavy (non-hydrogen) atoms. The summed E-state index contributed by atoms with van der Waals surface area (Å²) >= 11 is 5.12.